The molecule has 0 heterocycles. The summed E-state index contributed by atoms with van der Waals surface area (Å²) in [5, 5.41) is 10.2. The molecule has 1 aromatic carbocycles. The summed E-state index contributed by atoms with van der Waals surface area (Å²) >= 11 is 5.89. The monoisotopic (exact) mass is 241 g/mol. The molecule has 0 radical (unpaired) electrons. The number of hydrogen-bond acceptors (Lipinski definition) is 3. The second-order valence-electron chi connectivity index (χ2n) is 4.48. The minimum Gasteiger partial charge on any atom is -0.508 e. The van der Waals surface area contributed by atoms with Crippen molar-refractivity contribution in [2.24, 2.45) is 5.73 Å². The first-order valence-electron chi connectivity index (χ1n) is 5.38. The molecule has 0 unspecified atom stereocenters. The average Bonchev–Trinajstić information content (AvgIpc) is 2.96. The molecular weight excluding hydrogens is 226 g/mol. The molecule has 0 spiro atoms. The Morgan fingerprint density at radius 2 is 2.19 bits per heavy atom. The van der Waals surface area contributed by atoms with E-state index in [1.807, 2.05) is 0 Å². The van der Waals surface area contributed by atoms with Gasteiger partial charge in [-0.05, 0) is 37.3 Å². The molecule has 1 saturated carbocycles. The molecule has 1 aliphatic rings. The minimum atomic E-state index is -0.000683. The third kappa shape index (κ3) is 2.42. The van der Waals surface area contributed by atoms with E-state index >= 15 is 0 Å². The smallest absolute Gasteiger partial charge is 0.137 e. The number of methoxy groups -OCH3 is 1. The lowest BCUT2D eigenvalue weighted by molar-refractivity contribution is 0.410. The van der Waals surface area contributed by atoms with E-state index in [1.165, 1.54) is 6.07 Å². The Labute approximate surface area is 100 Å². The first-order chi connectivity index (χ1) is 7.54. The maximum atomic E-state index is 9.75. The van der Waals surface area contributed by atoms with Gasteiger partial charge in [0.25, 0.3) is 0 Å². The molecule has 4 heteroatoms. The molecule has 3 N–H and O–H groups in total. The van der Waals surface area contributed by atoms with E-state index < -0.39 is 0 Å². The van der Waals surface area contributed by atoms with Gasteiger partial charge in [0.15, 0.2) is 0 Å². The van der Waals surface area contributed by atoms with Crippen molar-refractivity contribution in [1.29, 1.82) is 0 Å². The number of phenolic OH excluding ortho intramolecular Hbond substituents is 1. The van der Waals surface area contributed by atoms with Gasteiger partial charge in [0.05, 0.1) is 12.1 Å². The van der Waals surface area contributed by atoms with Crippen LogP contribution in [0.3, 0.4) is 0 Å². The second kappa shape index (κ2) is 4.15. The number of aromatic hydroxyl groups is 1. The molecule has 16 heavy (non-hydrogen) atoms. The highest BCUT2D eigenvalue weighted by atomic mass is 35.5. The standard InChI is InChI=1S/C12H16ClNO2/c1-16-11-6-8(10(15)7-9(11)13)2-3-12(14)4-5-12/h6-7,15H,2-5,14H2,1H3. The Kier molecular flexibility index (Phi) is 3.00. The maximum Gasteiger partial charge on any atom is 0.137 e. The number of aryl methyl sites for hydroxylation is 1. The van der Waals surface area contributed by atoms with E-state index in [0.29, 0.717) is 10.8 Å². The van der Waals surface area contributed by atoms with Crippen LogP contribution in [0.15, 0.2) is 12.1 Å². The zero-order valence-electron chi connectivity index (χ0n) is 9.29. The molecule has 2 rings (SSSR count). The highest BCUT2D eigenvalue weighted by molar-refractivity contribution is 6.32. The molecule has 3 nitrogen and oxygen atoms in total. The summed E-state index contributed by atoms with van der Waals surface area (Å²) in [6.45, 7) is 0. The van der Waals surface area contributed by atoms with E-state index in [4.69, 9.17) is 22.1 Å². The van der Waals surface area contributed by atoms with Crippen LogP contribution < -0.4 is 10.5 Å². The molecule has 0 bridgehead atoms. The van der Waals surface area contributed by atoms with Gasteiger partial charge < -0.3 is 15.6 Å². The van der Waals surface area contributed by atoms with Crippen molar-refractivity contribution in [3.8, 4) is 11.5 Å². The Balaban J connectivity index is 2.13. The summed E-state index contributed by atoms with van der Waals surface area (Å²) in [5.74, 6) is 0.811. The van der Waals surface area contributed by atoms with E-state index in [2.05, 4.69) is 0 Å². The van der Waals surface area contributed by atoms with Crippen LogP contribution in [0.1, 0.15) is 24.8 Å². The van der Waals surface area contributed by atoms with Crippen molar-refractivity contribution < 1.29 is 9.84 Å². The van der Waals surface area contributed by atoms with Gasteiger partial charge in [0.1, 0.15) is 11.5 Å². The van der Waals surface area contributed by atoms with Crippen LogP contribution in [0.25, 0.3) is 0 Å². The van der Waals surface area contributed by atoms with Crippen LogP contribution in [-0.4, -0.2) is 17.8 Å². The van der Waals surface area contributed by atoms with Crippen LogP contribution >= 0.6 is 11.6 Å². The van der Waals surface area contributed by atoms with Crippen LogP contribution in [-0.2, 0) is 6.42 Å². The summed E-state index contributed by atoms with van der Waals surface area (Å²) in [4.78, 5) is 0. The van der Waals surface area contributed by atoms with Gasteiger partial charge in [-0.1, -0.05) is 11.6 Å². The Bertz CT molecular complexity index is 402. The summed E-state index contributed by atoms with van der Waals surface area (Å²) in [5.41, 5.74) is 6.85. The molecule has 0 aromatic heterocycles. The molecule has 0 amide bonds. The van der Waals surface area contributed by atoms with Gasteiger partial charge in [-0.2, -0.15) is 0 Å². The van der Waals surface area contributed by atoms with Crippen molar-refractivity contribution in [3.05, 3.63) is 22.7 Å². The third-order valence-electron chi connectivity index (χ3n) is 3.14. The van der Waals surface area contributed by atoms with E-state index in [0.717, 1.165) is 31.2 Å². The second-order valence-corrected chi connectivity index (χ2v) is 4.89. The molecule has 0 aliphatic heterocycles. The van der Waals surface area contributed by atoms with Crippen molar-refractivity contribution >= 4 is 11.6 Å². The molecule has 1 fully saturated rings. The number of rotatable bonds is 4. The number of ether oxygens (including phenoxy) is 1. The first kappa shape index (κ1) is 11.6. The summed E-state index contributed by atoms with van der Waals surface area (Å²) in [6, 6.07) is 3.30. The Hall–Kier alpha value is -0.930. The summed E-state index contributed by atoms with van der Waals surface area (Å²) in [6.07, 6.45) is 3.82. The number of nitrogens with two attached hydrogens (primary N) is 1. The van der Waals surface area contributed by atoms with Gasteiger partial charge in [0, 0.05) is 11.6 Å². The average molecular weight is 242 g/mol. The van der Waals surface area contributed by atoms with Crippen LogP contribution in [0.5, 0.6) is 11.5 Å². The number of benzene rings is 1. The zero-order chi connectivity index (χ0) is 11.8. The number of phenols is 1. The fourth-order valence-electron chi connectivity index (χ4n) is 1.74. The van der Waals surface area contributed by atoms with Crippen molar-refractivity contribution in [2.45, 2.75) is 31.2 Å². The van der Waals surface area contributed by atoms with Crippen molar-refractivity contribution in [3.63, 3.8) is 0 Å². The first-order valence-corrected chi connectivity index (χ1v) is 5.76. The van der Waals surface area contributed by atoms with E-state index in [9.17, 15) is 5.11 Å². The van der Waals surface area contributed by atoms with Crippen LogP contribution in [0, 0.1) is 0 Å². The molecular formula is C12H16ClNO2. The van der Waals surface area contributed by atoms with Gasteiger partial charge in [-0.25, -0.2) is 0 Å². The fraction of sp³-hybridized carbons (Fsp3) is 0.500. The molecule has 0 saturated heterocycles. The Morgan fingerprint density at radius 1 is 1.50 bits per heavy atom. The summed E-state index contributed by atoms with van der Waals surface area (Å²) in [7, 11) is 1.56. The van der Waals surface area contributed by atoms with Crippen molar-refractivity contribution in [2.75, 3.05) is 7.11 Å². The number of halogens is 1. The predicted molar refractivity (Wildman–Crippen MR) is 64.1 cm³/mol. The summed E-state index contributed by atoms with van der Waals surface area (Å²) < 4.78 is 5.11. The lowest BCUT2D eigenvalue weighted by atomic mass is 10.0. The molecule has 1 aliphatic carbocycles. The minimum absolute atomic E-state index is 0.000683. The van der Waals surface area contributed by atoms with Gasteiger partial charge >= 0.3 is 0 Å². The highest BCUT2D eigenvalue weighted by Crippen LogP contribution is 2.39. The maximum absolute atomic E-state index is 9.75. The third-order valence-corrected chi connectivity index (χ3v) is 3.43. The normalized spacial score (nSPS) is 17.2. The van der Waals surface area contributed by atoms with Crippen LogP contribution in [0.4, 0.5) is 0 Å². The van der Waals surface area contributed by atoms with Gasteiger partial charge in [-0.3, -0.25) is 0 Å². The van der Waals surface area contributed by atoms with Gasteiger partial charge in [-0.15, -0.1) is 0 Å². The molecule has 0 atom stereocenters. The van der Waals surface area contributed by atoms with E-state index in [-0.39, 0.29) is 11.3 Å². The van der Waals surface area contributed by atoms with Gasteiger partial charge in [0.2, 0.25) is 0 Å². The predicted octanol–water partition coefficient (Wildman–Crippen LogP) is 2.48. The SMILES string of the molecule is COc1cc(CCC2(N)CC2)c(O)cc1Cl. The zero-order valence-corrected chi connectivity index (χ0v) is 10.0. The topological polar surface area (TPSA) is 55.5 Å². The largest absolute Gasteiger partial charge is 0.508 e. The molecule has 1 aromatic rings. The highest BCUT2D eigenvalue weighted by Gasteiger charge is 2.37. The lowest BCUT2D eigenvalue weighted by Crippen LogP contribution is -2.22. The van der Waals surface area contributed by atoms with E-state index in [1.54, 1.807) is 13.2 Å². The van der Waals surface area contributed by atoms with Crippen LogP contribution in [0.2, 0.25) is 5.02 Å². The fourth-order valence-corrected chi connectivity index (χ4v) is 1.97. The lowest BCUT2D eigenvalue weighted by Gasteiger charge is -2.11. The van der Waals surface area contributed by atoms with Crippen molar-refractivity contribution in [1.82, 2.24) is 0 Å². The molecule has 88 valence electrons. The Morgan fingerprint density at radius 3 is 2.75 bits per heavy atom. The number of hydrogen-bond donors (Lipinski definition) is 2. The quantitative estimate of drug-likeness (QED) is 0.852.